The van der Waals surface area contributed by atoms with Crippen LogP contribution in [0.5, 0.6) is 11.5 Å². The number of aryl methyl sites for hydroxylation is 1. The fraction of sp³-hybridized carbons (Fsp3) is 0.500. The van der Waals surface area contributed by atoms with Crippen LogP contribution in [0.15, 0.2) is 23.1 Å². The summed E-state index contributed by atoms with van der Waals surface area (Å²) in [6, 6.07) is 3.36. The van der Waals surface area contributed by atoms with E-state index in [0.29, 0.717) is 46.7 Å². The third-order valence-corrected chi connectivity index (χ3v) is 7.73. The lowest BCUT2D eigenvalue weighted by Crippen LogP contribution is -2.44. The number of fused-ring (bicyclic) bond motifs is 1. The van der Waals surface area contributed by atoms with Gasteiger partial charge in [-0.1, -0.05) is 23.2 Å². The van der Waals surface area contributed by atoms with Crippen molar-refractivity contribution < 1.29 is 9.47 Å². The molecule has 5 rings (SSSR count). The molecule has 2 aliphatic rings. The summed E-state index contributed by atoms with van der Waals surface area (Å²) in [6.07, 6.45) is 5.00. The molecule has 198 valence electrons. The molecule has 2 N–H and O–H groups in total. The van der Waals surface area contributed by atoms with Crippen molar-refractivity contribution in [2.24, 2.45) is 5.92 Å². The highest BCUT2D eigenvalue weighted by Gasteiger charge is 2.24. The van der Waals surface area contributed by atoms with Gasteiger partial charge in [0.2, 0.25) is 5.95 Å². The Balaban J connectivity index is 1.58. The van der Waals surface area contributed by atoms with Gasteiger partial charge in [-0.2, -0.15) is 4.98 Å². The zero-order valence-electron chi connectivity index (χ0n) is 21.1. The lowest BCUT2D eigenvalue weighted by molar-refractivity contribution is 0.234. The SMILES string of the molecule is COc1cc(OC)c(Cl)c(-c2cc3cnc(NCC4CC4)nc3n(CCCN3CCNCC3)c2=O)c1Cl. The van der Waals surface area contributed by atoms with Crippen molar-refractivity contribution in [3.63, 3.8) is 0 Å². The number of hydrogen-bond donors (Lipinski definition) is 2. The number of ether oxygens (including phenoxy) is 2. The van der Waals surface area contributed by atoms with E-state index < -0.39 is 0 Å². The summed E-state index contributed by atoms with van der Waals surface area (Å²) < 4.78 is 12.6. The summed E-state index contributed by atoms with van der Waals surface area (Å²) in [5.41, 5.74) is 1.09. The number of benzene rings is 1. The van der Waals surface area contributed by atoms with Crippen LogP contribution in [0.1, 0.15) is 19.3 Å². The Hall–Kier alpha value is -2.59. The molecule has 3 heterocycles. The summed E-state index contributed by atoms with van der Waals surface area (Å²) in [7, 11) is 3.02. The van der Waals surface area contributed by atoms with E-state index in [0.717, 1.165) is 51.1 Å². The largest absolute Gasteiger partial charge is 0.495 e. The number of aromatic nitrogens is 3. The van der Waals surface area contributed by atoms with Crippen molar-refractivity contribution >= 4 is 40.2 Å². The van der Waals surface area contributed by atoms with Gasteiger partial charge in [-0.3, -0.25) is 9.36 Å². The van der Waals surface area contributed by atoms with Crippen LogP contribution in [-0.2, 0) is 6.54 Å². The number of anilines is 1. The third-order valence-electron chi connectivity index (χ3n) is 6.98. The van der Waals surface area contributed by atoms with Gasteiger partial charge in [-0.25, -0.2) is 4.98 Å². The maximum atomic E-state index is 14.0. The molecule has 1 aromatic carbocycles. The van der Waals surface area contributed by atoms with Crippen LogP contribution in [0.2, 0.25) is 10.0 Å². The van der Waals surface area contributed by atoms with E-state index in [1.807, 2.05) is 0 Å². The molecule has 0 unspecified atom stereocenters. The first-order valence-corrected chi connectivity index (χ1v) is 13.4. The lowest BCUT2D eigenvalue weighted by Gasteiger charge is -2.27. The van der Waals surface area contributed by atoms with Crippen molar-refractivity contribution in [3.8, 4) is 22.6 Å². The highest BCUT2D eigenvalue weighted by molar-refractivity contribution is 6.41. The van der Waals surface area contributed by atoms with E-state index in [1.54, 1.807) is 22.9 Å². The van der Waals surface area contributed by atoms with E-state index in [1.165, 1.54) is 27.1 Å². The molecule has 0 spiro atoms. The molecule has 0 bridgehead atoms. The lowest BCUT2D eigenvalue weighted by atomic mass is 10.0. The molecule has 2 aromatic heterocycles. The number of rotatable bonds is 10. The molecule has 2 fully saturated rings. The molecule has 0 radical (unpaired) electrons. The molecule has 11 heteroatoms. The summed E-state index contributed by atoms with van der Waals surface area (Å²) in [5, 5.41) is 7.92. The number of pyridine rings is 1. The van der Waals surface area contributed by atoms with Crippen LogP contribution in [0.4, 0.5) is 5.95 Å². The standard InChI is InChI=1S/C26H32Cl2N6O3/c1-36-19-13-20(37-2)23(28)21(22(19)27)18-12-17-15-31-26(30-14-16-4-5-16)32-24(17)34(25(18)35)9-3-8-33-10-6-29-7-11-33/h12-13,15-16,29H,3-11,14H2,1-2H3,(H,30,31,32). The van der Waals surface area contributed by atoms with Gasteiger partial charge in [0.15, 0.2) is 0 Å². The average Bonchev–Trinajstić information content (AvgIpc) is 3.75. The predicted molar refractivity (Wildman–Crippen MR) is 147 cm³/mol. The minimum atomic E-state index is -0.223. The summed E-state index contributed by atoms with van der Waals surface area (Å²) in [5.74, 6) is 1.95. The zero-order valence-corrected chi connectivity index (χ0v) is 22.7. The Morgan fingerprint density at radius 3 is 2.43 bits per heavy atom. The molecule has 9 nitrogen and oxygen atoms in total. The van der Waals surface area contributed by atoms with Gasteiger partial charge < -0.3 is 25.0 Å². The normalized spacial score (nSPS) is 16.2. The van der Waals surface area contributed by atoms with Crippen molar-refractivity contribution in [2.75, 3.05) is 58.8 Å². The molecule has 0 amide bonds. The van der Waals surface area contributed by atoms with Crippen LogP contribution in [0, 0.1) is 5.92 Å². The summed E-state index contributed by atoms with van der Waals surface area (Å²) in [4.78, 5) is 25.7. The van der Waals surface area contributed by atoms with Crippen molar-refractivity contribution in [2.45, 2.75) is 25.8 Å². The summed E-state index contributed by atoms with van der Waals surface area (Å²) >= 11 is 13.4. The van der Waals surface area contributed by atoms with Crippen molar-refractivity contribution in [1.82, 2.24) is 24.8 Å². The van der Waals surface area contributed by atoms with Gasteiger partial charge >= 0.3 is 0 Å². The fourth-order valence-electron chi connectivity index (χ4n) is 4.70. The maximum absolute atomic E-state index is 14.0. The first kappa shape index (κ1) is 26.0. The minimum absolute atomic E-state index is 0.223. The molecule has 1 saturated heterocycles. The molecular weight excluding hydrogens is 515 g/mol. The van der Waals surface area contributed by atoms with E-state index in [9.17, 15) is 4.79 Å². The summed E-state index contributed by atoms with van der Waals surface area (Å²) in [6.45, 7) is 6.21. The molecule has 1 saturated carbocycles. The zero-order chi connectivity index (χ0) is 25.9. The Labute approximate surface area is 226 Å². The number of methoxy groups -OCH3 is 2. The van der Waals surface area contributed by atoms with Crippen LogP contribution < -0.4 is 25.7 Å². The van der Waals surface area contributed by atoms with E-state index >= 15 is 0 Å². The van der Waals surface area contributed by atoms with Gasteiger partial charge in [-0.15, -0.1) is 0 Å². The molecule has 37 heavy (non-hydrogen) atoms. The van der Waals surface area contributed by atoms with Crippen LogP contribution in [0.25, 0.3) is 22.2 Å². The Kier molecular flexibility index (Phi) is 8.04. The molecular formula is C26H32Cl2N6O3. The highest BCUT2D eigenvalue weighted by Crippen LogP contribution is 2.45. The Bertz CT molecular complexity index is 1310. The van der Waals surface area contributed by atoms with Gasteiger partial charge in [0.25, 0.3) is 5.56 Å². The van der Waals surface area contributed by atoms with Gasteiger partial charge in [-0.05, 0) is 37.8 Å². The van der Waals surface area contributed by atoms with Gasteiger partial charge in [0.1, 0.15) is 17.1 Å². The third kappa shape index (κ3) is 5.65. The predicted octanol–water partition coefficient (Wildman–Crippen LogP) is 3.90. The van der Waals surface area contributed by atoms with Crippen molar-refractivity contribution in [3.05, 3.63) is 38.7 Å². The topological polar surface area (TPSA) is 93.5 Å². The van der Waals surface area contributed by atoms with Gasteiger partial charge in [0.05, 0.1) is 29.8 Å². The quantitative estimate of drug-likeness (QED) is 0.395. The second-order valence-corrected chi connectivity index (χ2v) is 10.3. The second-order valence-electron chi connectivity index (χ2n) is 9.54. The molecule has 1 aliphatic carbocycles. The Morgan fingerprint density at radius 2 is 1.78 bits per heavy atom. The van der Waals surface area contributed by atoms with Crippen LogP contribution in [0.3, 0.4) is 0 Å². The Morgan fingerprint density at radius 1 is 1.08 bits per heavy atom. The number of nitrogens with one attached hydrogen (secondary N) is 2. The molecule has 0 atom stereocenters. The van der Waals surface area contributed by atoms with E-state index in [-0.39, 0.29) is 15.6 Å². The van der Waals surface area contributed by atoms with E-state index in [2.05, 4.69) is 20.5 Å². The molecule has 3 aromatic rings. The fourth-order valence-corrected chi connectivity index (χ4v) is 5.40. The monoisotopic (exact) mass is 546 g/mol. The molecule has 1 aliphatic heterocycles. The first-order chi connectivity index (χ1) is 18.0. The van der Waals surface area contributed by atoms with Gasteiger partial charge in [0, 0.05) is 62.5 Å². The first-order valence-electron chi connectivity index (χ1n) is 12.7. The second kappa shape index (κ2) is 11.4. The van der Waals surface area contributed by atoms with Crippen LogP contribution in [-0.4, -0.2) is 72.9 Å². The number of hydrogen-bond acceptors (Lipinski definition) is 8. The average molecular weight is 547 g/mol. The minimum Gasteiger partial charge on any atom is -0.495 e. The maximum Gasteiger partial charge on any atom is 0.260 e. The van der Waals surface area contributed by atoms with Crippen LogP contribution >= 0.6 is 23.2 Å². The number of halogens is 2. The van der Waals surface area contributed by atoms with E-state index in [4.69, 9.17) is 37.7 Å². The van der Waals surface area contributed by atoms with Crippen molar-refractivity contribution in [1.29, 1.82) is 0 Å². The number of nitrogens with zero attached hydrogens (tertiary/aromatic N) is 4. The number of piperazine rings is 1. The highest BCUT2D eigenvalue weighted by atomic mass is 35.5. The smallest absolute Gasteiger partial charge is 0.260 e.